The largest absolute Gasteiger partial charge is 0.278 e. The van der Waals surface area contributed by atoms with Gasteiger partial charge in [-0.05, 0) is 18.2 Å². The summed E-state index contributed by atoms with van der Waals surface area (Å²) in [5.41, 5.74) is 1.39. The maximum Gasteiger partial charge on any atom is 0.278 e. The van der Waals surface area contributed by atoms with Gasteiger partial charge in [0.2, 0.25) is 5.13 Å². The Labute approximate surface area is 118 Å². The minimum atomic E-state index is -0.417. The Morgan fingerprint density at radius 2 is 1.90 bits per heavy atom. The van der Waals surface area contributed by atoms with Crippen LogP contribution in [0.2, 0.25) is 0 Å². The van der Waals surface area contributed by atoms with Crippen molar-refractivity contribution in [2.45, 2.75) is 0 Å². The van der Waals surface area contributed by atoms with Crippen molar-refractivity contribution in [3.05, 3.63) is 64.2 Å². The summed E-state index contributed by atoms with van der Waals surface area (Å²) in [6.07, 6.45) is 1.48. The number of hydrogen-bond donors (Lipinski definition) is 0. The number of nitro benzene ring substituents is 1. The summed E-state index contributed by atoms with van der Waals surface area (Å²) in [6.45, 7) is 0. The van der Waals surface area contributed by atoms with E-state index in [2.05, 4.69) is 9.98 Å². The van der Waals surface area contributed by atoms with Crippen molar-refractivity contribution < 1.29 is 4.92 Å². The van der Waals surface area contributed by atoms with Crippen molar-refractivity contribution >= 4 is 38.6 Å². The summed E-state index contributed by atoms with van der Waals surface area (Å²) in [5.74, 6) is 0. The molecule has 0 fully saturated rings. The van der Waals surface area contributed by atoms with Crippen LogP contribution in [0.1, 0.15) is 5.56 Å². The molecule has 98 valence electrons. The number of aromatic nitrogens is 1. The fourth-order valence-corrected chi connectivity index (χ4v) is 2.61. The second-order valence-electron chi connectivity index (χ2n) is 4.04. The van der Waals surface area contributed by atoms with Gasteiger partial charge in [-0.15, -0.1) is 0 Å². The van der Waals surface area contributed by atoms with Crippen molar-refractivity contribution in [2.75, 3.05) is 0 Å². The summed E-state index contributed by atoms with van der Waals surface area (Å²) >= 11 is 1.45. The first-order valence-electron chi connectivity index (χ1n) is 5.87. The van der Waals surface area contributed by atoms with E-state index in [4.69, 9.17) is 0 Å². The quantitative estimate of drug-likeness (QED) is 0.415. The molecule has 0 atom stereocenters. The Bertz CT molecular complexity index is 778. The summed E-state index contributed by atoms with van der Waals surface area (Å²) in [7, 11) is 0. The molecule has 2 aromatic carbocycles. The molecule has 20 heavy (non-hydrogen) atoms. The molecule has 0 saturated heterocycles. The molecule has 0 spiro atoms. The molecule has 3 aromatic rings. The average molecular weight is 283 g/mol. The van der Waals surface area contributed by atoms with Gasteiger partial charge < -0.3 is 0 Å². The van der Waals surface area contributed by atoms with Crippen LogP contribution in [0, 0.1) is 10.1 Å². The van der Waals surface area contributed by atoms with Crippen molar-refractivity contribution in [1.29, 1.82) is 0 Å². The van der Waals surface area contributed by atoms with E-state index in [-0.39, 0.29) is 5.69 Å². The molecule has 0 N–H and O–H groups in total. The number of rotatable bonds is 3. The molecule has 1 heterocycles. The average Bonchev–Trinajstić information content (AvgIpc) is 2.88. The lowest BCUT2D eigenvalue weighted by atomic mass is 10.2. The molecular formula is C14H9N3O2S. The molecule has 0 amide bonds. The van der Waals surface area contributed by atoms with Gasteiger partial charge in [0, 0.05) is 12.3 Å². The molecule has 5 nitrogen and oxygen atoms in total. The first kappa shape index (κ1) is 12.4. The van der Waals surface area contributed by atoms with Gasteiger partial charge >= 0.3 is 0 Å². The summed E-state index contributed by atoms with van der Waals surface area (Å²) in [5, 5.41) is 11.5. The molecule has 3 rings (SSSR count). The van der Waals surface area contributed by atoms with Gasteiger partial charge in [0.25, 0.3) is 5.69 Å². The van der Waals surface area contributed by atoms with Gasteiger partial charge in [0.05, 0.1) is 20.7 Å². The summed E-state index contributed by atoms with van der Waals surface area (Å²) < 4.78 is 1.04. The van der Waals surface area contributed by atoms with Crippen LogP contribution in [-0.4, -0.2) is 16.1 Å². The molecule has 6 heteroatoms. The predicted octanol–water partition coefficient (Wildman–Crippen LogP) is 3.96. The molecule has 1 aromatic heterocycles. The van der Waals surface area contributed by atoms with Crippen LogP contribution in [0.3, 0.4) is 0 Å². The molecule has 0 aliphatic heterocycles. The highest BCUT2D eigenvalue weighted by Gasteiger charge is 2.10. The smallest absolute Gasteiger partial charge is 0.258 e. The van der Waals surface area contributed by atoms with Crippen LogP contribution in [0.15, 0.2) is 53.5 Å². The van der Waals surface area contributed by atoms with Crippen molar-refractivity contribution in [3.8, 4) is 0 Å². The Kier molecular flexibility index (Phi) is 3.22. The van der Waals surface area contributed by atoms with E-state index >= 15 is 0 Å². The number of thiazole rings is 1. The van der Waals surface area contributed by atoms with Crippen LogP contribution < -0.4 is 0 Å². The third-order valence-electron chi connectivity index (χ3n) is 2.73. The second-order valence-corrected chi connectivity index (χ2v) is 5.05. The van der Waals surface area contributed by atoms with Gasteiger partial charge in [-0.25, -0.2) is 9.98 Å². The molecule has 0 saturated carbocycles. The Balaban J connectivity index is 1.96. The molecule has 0 aliphatic carbocycles. The highest BCUT2D eigenvalue weighted by Crippen LogP contribution is 2.27. The third-order valence-corrected chi connectivity index (χ3v) is 3.67. The lowest BCUT2D eigenvalue weighted by Gasteiger charge is -1.94. The number of nitro groups is 1. The number of fused-ring (bicyclic) bond motifs is 1. The van der Waals surface area contributed by atoms with Gasteiger partial charge in [0.1, 0.15) is 0 Å². The number of benzene rings is 2. The molecular weight excluding hydrogens is 274 g/mol. The van der Waals surface area contributed by atoms with Crippen LogP contribution in [-0.2, 0) is 0 Å². The van der Waals surface area contributed by atoms with Gasteiger partial charge in [-0.3, -0.25) is 10.1 Å². The lowest BCUT2D eigenvalue weighted by molar-refractivity contribution is -0.385. The minimum absolute atomic E-state index is 0.0392. The van der Waals surface area contributed by atoms with Crippen LogP contribution in [0.5, 0.6) is 0 Å². The first-order chi connectivity index (χ1) is 9.74. The molecule has 0 radical (unpaired) electrons. The zero-order valence-electron chi connectivity index (χ0n) is 10.3. The van der Waals surface area contributed by atoms with Gasteiger partial charge in [-0.2, -0.15) is 0 Å². The van der Waals surface area contributed by atoms with E-state index in [0.717, 1.165) is 10.2 Å². The molecule has 0 aliphatic rings. The third kappa shape index (κ3) is 2.41. The fourth-order valence-electron chi connectivity index (χ4n) is 1.80. The molecule has 0 bridgehead atoms. The number of aliphatic imine (C=N–C) groups is 1. The van der Waals surface area contributed by atoms with Crippen LogP contribution in [0.4, 0.5) is 10.8 Å². The van der Waals surface area contributed by atoms with Crippen LogP contribution >= 0.6 is 11.3 Å². The normalized spacial score (nSPS) is 11.2. The summed E-state index contributed by atoms with van der Waals surface area (Å²) in [6, 6.07) is 14.2. The van der Waals surface area contributed by atoms with Gasteiger partial charge in [0.15, 0.2) is 0 Å². The topological polar surface area (TPSA) is 68.4 Å². The lowest BCUT2D eigenvalue weighted by Crippen LogP contribution is -1.93. The van der Waals surface area contributed by atoms with E-state index in [1.807, 2.05) is 24.3 Å². The zero-order chi connectivity index (χ0) is 13.9. The Hall–Kier alpha value is -2.60. The maximum absolute atomic E-state index is 10.9. The van der Waals surface area contributed by atoms with Crippen LogP contribution in [0.25, 0.3) is 10.2 Å². The summed E-state index contributed by atoms with van der Waals surface area (Å²) in [4.78, 5) is 19.1. The van der Waals surface area contributed by atoms with Crippen molar-refractivity contribution in [1.82, 2.24) is 4.98 Å². The van der Waals surface area contributed by atoms with Gasteiger partial charge in [-0.1, -0.05) is 35.6 Å². The van der Waals surface area contributed by atoms with E-state index in [0.29, 0.717) is 10.7 Å². The fraction of sp³-hybridized carbons (Fsp3) is 0. The highest BCUT2D eigenvalue weighted by atomic mass is 32.1. The Morgan fingerprint density at radius 1 is 1.15 bits per heavy atom. The van der Waals surface area contributed by atoms with Crippen molar-refractivity contribution in [3.63, 3.8) is 0 Å². The SMILES string of the molecule is O=[N+]([O-])c1ccccc1/C=N\c1nc2ccccc2s1. The van der Waals surface area contributed by atoms with E-state index in [1.165, 1.54) is 23.6 Å². The highest BCUT2D eigenvalue weighted by molar-refractivity contribution is 7.22. The van der Waals surface area contributed by atoms with E-state index in [1.54, 1.807) is 18.2 Å². The Morgan fingerprint density at radius 3 is 2.70 bits per heavy atom. The van der Waals surface area contributed by atoms with E-state index < -0.39 is 4.92 Å². The van der Waals surface area contributed by atoms with Crippen molar-refractivity contribution in [2.24, 2.45) is 4.99 Å². The maximum atomic E-state index is 10.9. The number of hydrogen-bond acceptors (Lipinski definition) is 5. The minimum Gasteiger partial charge on any atom is -0.258 e. The zero-order valence-corrected chi connectivity index (χ0v) is 11.1. The first-order valence-corrected chi connectivity index (χ1v) is 6.69. The number of nitrogens with zero attached hydrogens (tertiary/aromatic N) is 3. The monoisotopic (exact) mass is 283 g/mol. The molecule has 0 unspecified atom stereocenters. The van der Waals surface area contributed by atoms with E-state index in [9.17, 15) is 10.1 Å². The predicted molar refractivity (Wildman–Crippen MR) is 80.0 cm³/mol. The standard InChI is InChI=1S/C14H9N3O2S/c18-17(19)12-7-3-1-5-10(12)9-15-14-16-11-6-2-4-8-13(11)20-14/h1-9H/b15-9-. The number of para-hydroxylation sites is 2. The second kappa shape index (κ2) is 5.18.